The molecule has 0 bridgehead atoms. The van der Waals surface area contributed by atoms with E-state index in [4.69, 9.17) is 4.99 Å². The molecule has 7 aromatic carbocycles. The van der Waals surface area contributed by atoms with Gasteiger partial charge >= 0.3 is 0 Å². The molecule has 2 aromatic heterocycles. The van der Waals surface area contributed by atoms with Crippen molar-refractivity contribution in [3.63, 3.8) is 0 Å². The average Bonchev–Trinajstić information content (AvgIpc) is 3.74. The molecule has 3 nitrogen and oxygen atoms in total. The lowest BCUT2D eigenvalue weighted by atomic mass is 9.97. The molecule has 3 heterocycles. The lowest BCUT2D eigenvalue weighted by Crippen LogP contribution is -2.34. The summed E-state index contributed by atoms with van der Waals surface area (Å²) in [6.07, 6.45) is 4.08. The highest BCUT2D eigenvalue weighted by molar-refractivity contribution is 7.26. The third-order valence-electron chi connectivity index (χ3n) is 9.93. The average molecular weight is 658 g/mol. The Bertz CT molecular complexity index is 2780. The Hall–Kier alpha value is -6.23. The van der Waals surface area contributed by atoms with Crippen molar-refractivity contribution in [1.29, 1.82) is 0 Å². The van der Waals surface area contributed by atoms with Gasteiger partial charge in [0.25, 0.3) is 0 Å². The summed E-state index contributed by atoms with van der Waals surface area (Å²) in [6, 6.07) is 59.1. The minimum Gasteiger partial charge on any atom is -0.345 e. The number of benzene rings is 7. The number of thiophene rings is 1. The van der Waals surface area contributed by atoms with Gasteiger partial charge in [-0.05, 0) is 69.3 Å². The van der Waals surface area contributed by atoms with Crippen LogP contribution in [0.3, 0.4) is 0 Å². The van der Waals surface area contributed by atoms with Crippen LogP contribution in [0.25, 0.3) is 75.4 Å². The maximum absolute atomic E-state index is 4.92. The minimum atomic E-state index is -0.0149. The molecule has 0 saturated heterocycles. The molecule has 50 heavy (non-hydrogen) atoms. The molecule has 1 aliphatic rings. The van der Waals surface area contributed by atoms with Gasteiger partial charge < -0.3 is 5.32 Å². The molecule has 1 N–H and O–H groups in total. The topological polar surface area (TPSA) is 29.3 Å². The van der Waals surface area contributed by atoms with E-state index in [-0.39, 0.29) is 6.04 Å². The zero-order chi connectivity index (χ0) is 33.0. The van der Waals surface area contributed by atoms with Gasteiger partial charge in [0, 0.05) is 37.1 Å². The Labute approximate surface area is 294 Å². The van der Waals surface area contributed by atoms with Crippen molar-refractivity contribution < 1.29 is 0 Å². The first-order chi connectivity index (χ1) is 24.8. The smallest absolute Gasteiger partial charge is 0.208 e. The molecule has 0 radical (unpaired) electrons. The molecule has 0 amide bonds. The van der Waals surface area contributed by atoms with Gasteiger partial charge in [-0.1, -0.05) is 140 Å². The van der Waals surface area contributed by atoms with Crippen LogP contribution in [0.15, 0.2) is 181 Å². The molecule has 10 rings (SSSR count). The van der Waals surface area contributed by atoms with Gasteiger partial charge in [0.2, 0.25) is 5.96 Å². The van der Waals surface area contributed by atoms with E-state index in [1.807, 2.05) is 17.5 Å². The maximum Gasteiger partial charge on any atom is 0.208 e. The summed E-state index contributed by atoms with van der Waals surface area (Å²) in [5.41, 5.74) is 10.8. The molecular formula is C46H31N3S. The van der Waals surface area contributed by atoms with Crippen LogP contribution < -0.4 is 5.32 Å². The van der Waals surface area contributed by atoms with Gasteiger partial charge in [-0.2, -0.15) is 0 Å². The Balaban J connectivity index is 1.01. The number of rotatable bonds is 4. The van der Waals surface area contributed by atoms with E-state index >= 15 is 0 Å². The molecule has 0 aliphatic carbocycles. The molecule has 1 atom stereocenters. The summed E-state index contributed by atoms with van der Waals surface area (Å²) in [6.45, 7) is 0. The fraction of sp³-hybridized carbons (Fsp3) is 0.0217. The summed E-state index contributed by atoms with van der Waals surface area (Å²) < 4.78 is 4.93. The van der Waals surface area contributed by atoms with Crippen LogP contribution >= 0.6 is 11.3 Å². The van der Waals surface area contributed by atoms with Crippen molar-refractivity contribution in [2.75, 3.05) is 0 Å². The second kappa shape index (κ2) is 11.7. The van der Waals surface area contributed by atoms with Gasteiger partial charge in [-0.25, -0.2) is 4.99 Å². The number of nitrogens with zero attached hydrogens (tertiary/aromatic N) is 2. The van der Waals surface area contributed by atoms with Crippen LogP contribution in [0.5, 0.6) is 0 Å². The highest BCUT2D eigenvalue weighted by Gasteiger charge is 2.21. The minimum absolute atomic E-state index is 0.0149. The fourth-order valence-corrected chi connectivity index (χ4v) is 8.71. The number of nitrogens with one attached hydrogen (secondary N) is 1. The van der Waals surface area contributed by atoms with Crippen molar-refractivity contribution >= 4 is 59.3 Å². The van der Waals surface area contributed by atoms with Crippen molar-refractivity contribution in [3.8, 4) is 33.4 Å². The second-order valence-corrected chi connectivity index (χ2v) is 13.9. The zero-order valence-corrected chi connectivity index (χ0v) is 27.9. The van der Waals surface area contributed by atoms with E-state index in [1.165, 1.54) is 69.9 Å². The van der Waals surface area contributed by atoms with E-state index in [9.17, 15) is 0 Å². The first-order valence-corrected chi connectivity index (χ1v) is 17.8. The van der Waals surface area contributed by atoms with Crippen molar-refractivity contribution in [2.45, 2.75) is 6.04 Å². The number of hydrogen-bond acceptors (Lipinski definition) is 3. The predicted molar refractivity (Wildman–Crippen MR) is 213 cm³/mol. The van der Waals surface area contributed by atoms with Crippen molar-refractivity contribution in [3.05, 3.63) is 182 Å². The molecule has 0 fully saturated rings. The Morgan fingerprint density at radius 3 is 2.02 bits per heavy atom. The first kappa shape index (κ1) is 28.8. The van der Waals surface area contributed by atoms with Crippen LogP contribution in [-0.4, -0.2) is 10.5 Å². The molecule has 9 aromatic rings. The third kappa shape index (κ3) is 4.76. The van der Waals surface area contributed by atoms with Gasteiger partial charge in [0.1, 0.15) is 0 Å². The van der Waals surface area contributed by atoms with Crippen molar-refractivity contribution in [1.82, 2.24) is 9.88 Å². The molecule has 4 heteroatoms. The Morgan fingerprint density at radius 2 is 1.16 bits per heavy atom. The van der Waals surface area contributed by atoms with E-state index in [0.29, 0.717) is 0 Å². The quantitative estimate of drug-likeness (QED) is 0.200. The summed E-state index contributed by atoms with van der Waals surface area (Å²) in [5.74, 6) is 0.820. The molecule has 0 spiro atoms. The monoisotopic (exact) mass is 657 g/mol. The summed E-state index contributed by atoms with van der Waals surface area (Å²) in [4.78, 5) is 4.92. The molecule has 236 valence electrons. The van der Waals surface area contributed by atoms with Crippen LogP contribution in [0, 0.1) is 0 Å². The Morgan fingerprint density at radius 1 is 0.500 bits per heavy atom. The van der Waals surface area contributed by atoms with Gasteiger partial charge in [-0.3, -0.25) is 4.57 Å². The van der Waals surface area contributed by atoms with Crippen molar-refractivity contribution in [2.24, 2.45) is 4.99 Å². The summed E-state index contributed by atoms with van der Waals surface area (Å²) in [7, 11) is 0. The van der Waals surface area contributed by atoms with Crippen LogP contribution in [0.1, 0.15) is 11.6 Å². The lowest BCUT2D eigenvalue weighted by Gasteiger charge is -2.23. The number of para-hydroxylation sites is 1. The molecule has 1 aliphatic heterocycles. The molecule has 0 saturated carbocycles. The Kier molecular flexibility index (Phi) is 6.74. The van der Waals surface area contributed by atoms with Gasteiger partial charge in [-0.15, -0.1) is 11.3 Å². The van der Waals surface area contributed by atoms with E-state index in [0.717, 1.165) is 17.0 Å². The predicted octanol–water partition coefficient (Wildman–Crippen LogP) is 12.2. The normalized spacial score (nSPS) is 14.4. The highest BCUT2D eigenvalue weighted by Crippen LogP contribution is 2.41. The number of fused-ring (bicyclic) bond motifs is 6. The van der Waals surface area contributed by atoms with E-state index in [2.05, 4.69) is 180 Å². The van der Waals surface area contributed by atoms with Crippen LogP contribution in [0.2, 0.25) is 0 Å². The highest BCUT2D eigenvalue weighted by atomic mass is 32.1. The number of hydrogen-bond donors (Lipinski definition) is 1. The maximum atomic E-state index is 4.92. The summed E-state index contributed by atoms with van der Waals surface area (Å²) >= 11 is 1.87. The molecular weight excluding hydrogens is 627 g/mol. The zero-order valence-electron chi connectivity index (χ0n) is 27.1. The number of aliphatic imine (C=N–C) groups is 1. The largest absolute Gasteiger partial charge is 0.345 e. The fourth-order valence-electron chi connectivity index (χ4n) is 7.47. The SMILES string of the molecule is C1=CC(c2ccc(-c3cccc(-c4ccccc4)c3)cc2)NC(n2c3ccccc3c3ccc(-c4cccc5c4sc4ccccc45)cc32)=N1. The van der Waals surface area contributed by atoms with E-state index < -0.39 is 0 Å². The van der Waals surface area contributed by atoms with Gasteiger partial charge in [0.05, 0.1) is 17.1 Å². The standard InChI is InChI=1S/C46H31N3S/c1-2-10-30(11-3-1)33-12-8-13-34(28-33)31-20-22-32(23-21-31)41-26-27-47-46(48-41)49-42-18-6-4-14-37(42)38-25-24-35(29-43(38)49)36-16-9-17-40-39-15-5-7-19-44(39)50-45(36)40/h1-29,41H,(H,47,48). The third-order valence-corrected chi connectivity index (χ3v) is 11.2. The van der Waals surface area contributed by atoms with E-state index in [1.54, 1.807) is 0 Å². The van der Waals surface area contributed by atoms with Crippen LogP contribution in [0.4, 0.5) is 0 Å². The summed E-state index contributed by atoms with van der Waals surface area (Å²) in [5, 5.41) is 8.84. The first-order valence-electron chi connectivity index (χ1n) is 17.0. The van der Waals surface area contributed by atoms with Gasteiger partial charge in [0.15, 0.2) is 0 Å². The van der Waals surface area contributed by atoms with Crippen LogP contribution in [-0.2, 0) is 0 Å². The molecule has 1 unspecified atom stereocenters. The second-order valence-electron chi connectivity index (χ2n) is 12.9. The lowest BCUT2D eigenvalue weighted by molar-refractivity contribution is 0.756. The number of aromatic nitrogens is 1.